The lowest BCUT2D eigenvalue weighted by molar-refractivity contribution is -0.274. The fraction of sp³-hybridized carbons (Fsp3) is 0.222. The van der Waals surface area contributed by atoms with Crippen LogP contribution < -0.4 is 9.46 Å². The topological polar surface area (TPSA) is 81.7 Å². The van der Waals surface area contributed by atoms with Crippen molar-refractivity contribution in [1.82, 2.24) is 4.72 Å². The second-order valence-electron chi connectivity index (χ2n) is 3.12. The lowest BCUT2D eigenvalue weighted by Crippen LogP contribution is -2.30. The third-order valence-electron chi connectivity index (χ3n) is 1.77. The number of rotatable bonds is 3. The number of methoxy groups -OCH3 is 1. The lowest BCUT2D eigenvalue weighted by atomic mass is 10.3. The Balaban J connectivity index is 2.90. The van der Waals surface area contributed by atoms with Crippen molar-refractivity contribution in [3.05, 3.63) is 24.3 Å². The summed E-state index contributed by atoms with van der Waals surface area (Å²) in [5, 5.41) is 0. The lowest BCUT2D eigenvalue weighted by Gasteiger charge is -2.09. The molecule has 0 fully saturated rings. The van der Waals surface area contributed by atoms with Gasteiger partial charge in [0.1, 0.15) is 5.75 Å². The van der Waals surface area contributed by atoms with Crippen LogP contribution in [-0.4, -0.2) is 28.0 Å². The molecule has 0 aliphatic carbocycles. The van der Waals surface area contributed by atoms with E-state index in [0.29, 0.717) is 0 Å². The Kier molecular flexibility index (Phi) is 4.24. The van der Waals surface area contributed by atoms with E-state index in [4.69, 9.17) is 0 Å². The molecular formula is C9H8F3NO5S. The van der Waals surface area contributed by atoms with Gasteiger partial charge in [-0.1, -0.05) is 0 Å². The van der Waals surface area contributed by atoms with Gasteiger partial charge in [0.2, 0.25) is 0 Å². The molecule has 6 nitrogen and oxygen atoms in total. The van der Waals surface area contributed by atoms with Crippen LogP contribution in [0.15, 0.2) is 29.2 Å². The van der Waals surface area contributed by atoms with E-state index in [1.807, 2.05) is 0 Å². The maximum atomic E-state index is 11.9. The summed E-state index contributed by atoms with van der Waals surface area (Å²) in [4.78, 5) is 10.4. The van der Waals surface area contributed by atoms with E-state index in [0.717, 1.165) is 31.4 Å². The number of nitrogens with one attached hydrogen (secondary N) is 1. The van der Waals surface area contributed by atoms with Crippen molar-refractivity contribution in [2.45, 2.75) is 11.3 Å². The fourth-order valence-electron chi connectivity index (χ4n) is 1.03. The first kappa shape index (κ1) is 15.1. The van der Waals surface area contributed by atoms with Crippen molar-refractivity contribution in [2.75, 3.05) is 7.11 Å². The summed E-state index contributed by atoms with van der Waals surface area (Å²) in [6, 6.07) is 3.32. The van der Waals surface area contributed by atoms with Crippen LogP contribution in [0.2, 0.25) is 0 Å². The van der Waals surface area contributed by atoms with Gasteiger partial charge in [-0.05, 0) is 24.3 Å². The van der Waals surface area contributed by atoms with Crippen molar-refractivity contribution >= 4 is 16.1 Å². The molecule has 1 aromatic rings. The average molecular weight is 299 g/mol. The van der Waals surface area contributed by atoms with Crippen molar-refractivity contribution in [1.29, 1.82) is 0 Å². The number of hydrogen-bond acceptors (Lipinski definition) is 5. The second kappa shape index (κ2) is 5.34. The number of benzene rings is 1. The molecule has 0 bridgehead atoms. The van der Waals surface area contributed by atoms with E-state index in [1.165, 1.54) is 4.72 Å². The zero-order chi connectivity index (χ0) is 14.7. The summed E-state index contributed by atoms with van der Waals surface area (Å²) in [7, 11) is -3.23. The number of carbonyl (C=O) groups is 1. The normalized spacial score (nSPS) is 11.8. The van der Waals surface area contributed by atoms with Crippen molar-refractivity contribution < 1.29 is 35.9 Å². The number of ether oxygens (including phenoxy) is 2. The molecule has 0 atom stereocenters. The number of alkyl halides is 3. The first-order chi connectivity index (χ1) is 8.64. The molecule has 1 amide bonds. The first-order valence-electron chi connectivity index (χ1n) is 4.60. The Bertz CT molecular complexity index is 552. The van der Waals surface area contributed by atoms with Crippen LogP contribution in [-0.2, 0) is 14.8 Å². The van der Waals surface area contributed by atoms with E-state index in [1.54, 1.807) is 0 Å². The van der Waals surface area contributed by atoms with Crippen LogP contribution in [0, 0.1) is 0 Å². The van der Waals surface area contributed by atoms with Crippen molar-refractivity contribution in [2.24, 2.45) is 0 Å². The highest BCUT2D eigenvalue weighted by Gasteiger charge is 2.31. The van der Waals surface area contributed by atoms with E-state index in [-0.39, 0.29) is 0 Å². The largest absolute Gasteiger partial charge is 0.573 e. The summed E-state index contributed by atoms with van der Waals surface area (Å²) in [5.41, 5.74) is 0. The standard InChI is InChI=1S/C9H8F3NO5S/c1-17-8(14)13-19(15,16)7-4-2-6(3-5-7)18-9(10,11)12/h2-5H,1H3,(H,13,14). The highest BCUT2D eigenvalue weighted by atomic mass is 32.2. The van der Waals surface area contributed by atoms with Gasteiger partial charge in [-0.25, -0.2) is 17.9 Å². The minimum Gasteiger partial charge on any atom is -0.452 e. The highest BCUT2D eigenvalue weighted by Crippen LogP contribution is 2.23. The van der Waals surface area contributed by atoms with E-state index >= 15 is 0 Å². The van der Waals surface area contributed by atoms with Crippen LogP contribution >= 0.6 is 0 Å². The van der Waals surface area contributed by atoms with E-state index in [2.05, 4.69) is 9.47 Å². The van der Waals surface area contributed by atoms with Gasteiger partial charge in [0.05, 0.1) is 12.0 Å². The van der Waals surface area contributed by atoms with Crippen LogP contribution in [0.5, 0.6) is 5.75 Å². The molecule has 19 heavy (non-hydrogen) atoms. The van der Waals surface area contributed by atoms with E-state index in [9.17, 15) is 26.4 Å². The van der Waals surface area contributed by atoms with Gasteiger partial charge in [-0.3, -0.25) is 0 Å². The Hall–Kier alpha value is -1.97. The predicted molar refractivity (Wildman–Crippen MR) is 55.9 cm³/mol. The van der Waals surface area contributed by atoms with Gasteiger partial charge in [0.25, 0.3) is 10.0 Å². The summed E-state index contributed by atoms with van der Waals surface area (Å²) >= 11 is 0. The van der Waals surface area contributed by atoms with Crippen molar-refractivity contribution in [3.63, 3.8) is 0 Å². The maximum absolute atomic E-state index is 11.9. The Morgan fingerprint density at radius 3 is 2.16 bits per heavy atom. The molecule has 0 aliphatic rings. The molecule has 0 saturated carbocycles. The average Bonchev–Trinajstić information content (AvgIpc) is 2.26. The van der Waals surface area contributed by atoms with Crippen LogP contribution in [0.4, 0.5) is 18.0 Å². The summed E-state index contributed by atoms with van der Waals surface area (Å²) in [5.74, 6) is -0.579. The van der Waals surface area contributed by atoms with Gasteiger partial charge < -0.3 is 9.47 Å². The fourth-order valence-corrected chi connectivity index (χ4v) is 1.95. The maximum Gasteiger partial charge on any atom is 0.573 e. The molecule has 0 aromatic heterocycles. The van der Waals surface area contributed by atoms with Crippen LogP contribution in [0.3, 0.4) is 0 Å². The number of carbonyl (C=O) groups excluding carboxylic acids is 1. The molecule has 0 saturated heterocycles. The predicted octanol–water partition coefficient (Wildman–Crippen LogP) is 1.63. The minimum atomic E-state index is -4.87. The Morgan fingerprint density at radius 2 is 1.74 bits per heavy atom. The quantitative estimate of drug-likeness (QED) is 0.917. The first-order valence-corrected chi connectivity index (χ1v) is 6.09. The molecule has 1 rings (SSSR count). The number of amides is 1. The molecule has 1 aromatic carbocycles. The molecule has 1 N–H and O–H groups in total. The summed E-state index contributed by atoms with van der Waals surface area (Å²) < 4.78 is 67.9. The SMILES string of the molecule is COC(=O)NS(=O)(=O)c1ccc(OC(F)(F)F)cc1. The van der Waals surface area contributed by atoms with Gasteiger partial charge in [-0.2, -0.15) is 0 Å². The molecule has 0 radical (unpaired) electrons. The van der Waals surface area contributed by atoms with Crippen LogP contribution in [0.25, 0.3) is 0 Å². The number of hydrogen-bond donors (Lipinski definition) is 1. The molecule has 0 spiro atoms. The molecule has 0 heterocycles. The summed E-state index contributed by atoms with van der Waals surface area (Å²) in [6.07, 6.45) is -6.08. The molecule has 0 unspecified atom stereocenters. The van der Waals surface area contributed by atoms with Crippen LogP contribution in [0.1, 0.15) is 0 Å². The van der Waals surface area contributed by atoms with Gasteiger partial charge in [-0.15, -0.1) is 13.2 Å². The van der Waals surface area contributed by atoms with Gasteiger partial charge in [0.15, 0.2) is 0 Å². The molecule has 0 aliphatic heterocycles. The monoisotopic (exact) mass is 299 g/mol. The number of halogens is 3. The zero-order valence-electron chi connectivity index (χ0n) is 9.39. The minimum absolute atomic E-state index is 0.410. The molecular weight excluding hydrogens is 291 g/mol. The van der Waals surface area contributed by atoms with Crippen molar-refractivity contribution in [3.8, 4) is 5.75 Å². The smallest absolute Gasteiger partial charge is 0.452 e. The third kappa shape index (κ3) is 4.66. The van der Waals surface area contributed by atoms with E-state index < -0.39 is 33.1 Å². The highest BCUT2D eigenvalue weighted by molar-refractivity contribution is 7.90. The zero-order valence-corrected chi connectivity index (χ0v) is 10.2. The molecule has 10 heteroatoms. The summed E-state index contributed by atoms with van der Waals surface area (Å²) in [6.45, 7) is 0. The number of sulfonamides is 1. The Morgan fingerprint density at radius 1 is 1.21 bits per heavy atom. The van der Waals surface area contributed by atoms with Gasteiger partial charge >= 0.3 is 12.5 Å². The third-order valence-corrected chi connectivity index (χ3v) is 3.10. The van der Waals surface area contributed by atoms with Gasteiger partial charge in [0, 0.05) is 0 Å². The molecule has 106 valence electrons. The Labute approximate surface area is 106 Å². The second-order valence-corrected chi connectivity index (χ2v) is 4.80.